The Bertz CT molecular complexity index is 546. The van der Waals surface area contributed by atoms with E-state index in [1.54, 1.807) is 26.1 Å². The largest absolute Gasteiger partial charge is 0.463 e. The summed E-state index contributed by atoms with van der Waals surface area (Å²) in [7, 11) is 2.00. The number of nitrogen functional groups attached to an aromatic ring is 1. The van der Waals surface area contributed by atoms with Crippen LogP contribution in [0.1, 0.15) is 32.9 Å². The zero-order chi connectivity index (χ0) is 18.7. The summed E-state index contributed by atoms with van der Waals surface area (Å²) in [5.74, 6) is -0.217. The van der Waals surface area contributed by atoms with Gasteiger partial charge in [0, 0.05) is 20.4 Å². The van der Waals surface area contributed by atoms with E-state index in [0.717, 1.165) is 20.6 Å². The molecule has 2 heterocycles. The van der Waals surface area contributed by atoms with Gasteiger partial charge >= 0.3 is 11.7 Å². The standard InChI is InChI=1S/C13H19N3O4.2CH4O/c1-8(2)12(17)19-7-9-3-4-11(20-9)16-6-5-10(14)15-13(16)18;2*1-2/h5-6,8-9,11H,3-4,7H2,1-2H3,(H2,14,15,18);2*2H,1H3. The summed E-state index contributed by atoms with van der Waals surface area (Å²) in [5, 5.41) is 14.0. The molecular formula is C15H27N3O6. The first kappa shape index (κ1) is 22.0. The topological polar surface area (TPSA) is 137 Å². The Morgan fingerprint density at radius 2 is 2.04 bits per heavy atom. The van der Waals surface area contributed by atoms with Gasteiger partial charge in [0.05, 0.1) is 12.0 Å². The Morgan fingerprint density at radius 1 is 1.42 bits per heavy atom. The zero-order valence-electron chi connectivity index (χ0n) is 14.5. The third-order valence-electron chi connectivity index (χ3n) is 3.13. The van der Waals surface area contributed by atoms with E-state index in [9.17, 15) is 9.59 Å². The first-order chi connectivity index (χ1) is 11.5. The van der Waals surface area contributed by atoms with Crippen molar-refractivity contribution in [1.82, 2.24) is 9.55 Å². The molecule has 2 unspecified atom stereocenters. The Hall–Kier alpha value is -1.97. The number of aromatic nitrogens is 2. The Kier molecular flexibility index (Phi) is 10.6. The summed E-state index contributed by atoms with van der Waals surface area (Å²) in [6, 6.07) is 1.55. The number of esters is 1. The molecule has 0 aliphatic carbocycles. The average Bonchev–Trinajstić information content (AvgIpc) is 3.05. The maximum absolute atomic E-state index is 11.7. The van der Waals surface area contributed by atoms with Gasteiger partial charge in [0.1, 0.15) is 18.7 Å². The molecule has 1 aliphatic heterocycles. The number of hydrogen-bond acceptors (Lipinski definition) is 8. The molecule has 2 rings (SSSR count). The van der Waals surface area contributed by atoms with Gasteiger partial charge in [-0.2, -0.15) is 4.98 Å². The van der Waals surface area contributed by atoms with Crippen molar-refractivity contribution in [3.05, 3.63) is 22.7 Å². The number of rotatable bonds is 4. The quantitative estimate of drug-likeness (QED) is 0.644. The van der Waals surface area contributed by atoms with Crippen LogP contribution < -0.4 is 11.4 Å². The highest BCUT2D eigenvalue weighted by molar-refractivity contribution is 5.71. The first-order valence-corrected chi connectivity index (χ1v) is 7.53. The fraction of sp³-hybridized carbons (Fsp3) is 0.667. The van der Waals surface area contributed by atoms with Crippen LogP contribution in [-0.4, -0.2) is 52.7 Å². The molecule has 0 bridgehead atoms. The molecule has 4 N–H and O–H groups in total. The lowest BCUT2D eigenvalue weighted by Crippen LogP contribution is -2.28. The van der Waals surface area contributed by atoms with Gasteiger partial charge in [-0.3, -0.25) is 9.36 Å². The summed E-state index contributed by atoms with van der Waals surface area (Å²) < 4.78 is 12.2. The second kappa shape index (κ2) is 11.5. The van der Waals surface area contributed by atoms with Gasteiger partial charge in [-0.1, -0.05) is 13.8 Å². The van der Waals surface area contributed by atoms with Crippen LogP contribution in [0.2, 0.25) is 0 Å². The average molecular weight is 345 g/mol. The van der Waals surface area contributed by atoms with Crippen molar-refractivity contribution in [2.75, 3.05) is 26.6 Å². The zero-order valence-corrected chi connectivity index (χ0v) is 14.5. The molecule has 0 amide bonds. The highest BCUT2D eigenvalue weighted by Gasteiger charge is 2.28. The molecule has 24 heavy (non-hydrogen) atoms. The molecular weight excluding hydrogens is 318 g/mol. The van der Waals surface area contributed by atoms with E-state index in [2.05, 4.69) is 4.98 Å². The third-order valence-corrected chi connectivity index (χ3v) is 3.13. The van der Waals surface area contributed by atoms with Crippen molar-refractivity contribution in [1.29, 1.82) is 0 Å². The highest BCUT2D eigenvalue weighted by Crippen LogP contribution is 2.27. The third kappa shape index (κ3) is 6.65. The number of anilines is 1. The van der Waals surface area contributed by atoms with Crippen molar-refractivity contribution in [2.45, 2.75) is 39.0 Å². The van der Waals surface area contributed by atoms with Gasteiger partial charge in [0.25, 0.3) is 0 Å². The second-order valence-corrected chi connectivity index (χ2v) is 5.12. The normalized spacial score (nSPS) is 19.0. The minimum Gasteiger partial charge on any atom is -0.463 e. The summed E-state index contributed by atoms with van der Waals surface area (Å²) in [5.41, 5.74) is 5.00. The summed E-state index contributed by atoms with van der Waals surface area (Å²) in [6.07, 6.45) is 2.41. The second-order valence-electron chi connectivity index (χ2n) is 5.12. The van der Waals surface area contributed by atoms with Gasteiger partial charge in [-0.25, -0.2) is 4.79 Å². The molecule has 1 aromatic rings. The van der Waals surface area contributed by atoms with Gasteiger partial charge in [0.2, 0.25) is 0 Å². The minimum atomic E-state index is -0.435. The Balaban J connectivity index is 0.00000123. The molecule has 9 heteroatoms. The van der Waals surface area contributed by atoms with Crippen molar-refractivity contribution in [3.8, 4) is 0 Å². The van der Waals surface area contributed by atoms with E-state index in [0.29, 0.717) is 6.42 Å². The van der Waals surface area contributed by atoms with E-state index in [-0.39, 0.29) is 36.6 Å². The predicted octanol–water partition coefficient (Wildman–Crippen LogP) is -0.0807. The van der Waals surface area contributed by atoms with Gasteiger partial charge in [-0.15, -0.1) is 0 Å². The molecule has 9 nitrogen and oxygen atoms in total. The van der Waals surface area contributed by atoms with Crippen molar-refractivity contribution in [2.24, 2.45) is 5.92 Å². The molecule has 2 atom stereocenters. The smallest absolute Gasteiger partial charge is 0.351 e. The van der Waals surface area contributed by atoms with E-state index in [4.69, 9.17) is 25.4 Å². The lowest BCUT2D eigenvalue weighted by atomic mass is 10.2. The molecule has 1 saturated heterocycles. The number of nitrogens with zero attached hydrogens (tertiary/aromatic N) is 2. The first-order valence-electron chi connectivity index (χ1n) is 7.53. The highest BCUT2D eigenvalue weighted by atomic mass is 16.6. The molecule has 1 aliphatic rings. The summed E-state index contributed by atoms with van der Waals surface area (Å²) >= 11 is 0. The van der Waals surface area contributed by atoms with Crippen LogP contribution in [0.5, 0.6) is 0 Å². The van der Waals surface area contributed by atoms with Gasteiger partial charge in [-0.05, 0) is 18.9 Å². The van der Waals surface area contributed by atoms with Crippen molar-refractivity contribution in [3.63, 3.8) is 0 Å². The van der Waals surface area contributed by atoms with Crippen LogP contribution in [0, 0.1) is 5.92 Å². The van der Waals surface area contributed by atoms with Crippen LogP contribution in [0.4, 0.5) is 5.82 Å². The van der Waals surface area contributed by atoms with Crippen LogP contribution in [0.15, 0.2) is 17.1 Å². The fourth-order valence-corrected chi connectivity index (χ4v) is 2.00. The van der Waals surface area contributed by atoms with E-state index in [1.807, 2.05) is 0 Å². The molecule has 0 saturated carbocycles. The lowest BCUT2D eigenvalue weighted by molar-refractivity contribution is -0.152. The number of carbonyl (C=O) groups excluding carboxylic acids is 1. The van der Waals surface area contributed by atoms with Crippen LogP contribution in [0.25, 0.3) is 0 Å². The van der Waals surface area contributed by atoms with Gasteiger partial charge in [0.15, 0.2) is 0 Å². The maximum Gasteiger partial charge on any atom is 0.351 e. The molecule has 138 valence electrons. The SMILES string of the molecule is CC(C)C(=O)OCC1CCC(n2ccc(N)nc2=O)O1.CO.CO. The summed E-state index contributed by atoms with van der Waals surface area (Å²) in [6.45, 7) is 3.77. The molecule has 1 fully saturated rings. The number of ether oxygens (including phenoxy) is 2. The van der Waals surface area contributed by atoms with E-state index >= 15 is 0 Å². The molecule has 0 aromatic carbocycles. The van der Waals surface area contributed by atoms with Crippen LogP contribution >= 0.6 is 0 Å². The maximum atomic E-state index is 11.7. The monoisotopic (exact) mass is 345 g/mol. The number of carbonyl (C=O) groups is 1. The molecule has 0 spiro atoms. The number of nitrogens with two attached hydrogens (primary N) is 1. The fourth-order valence-electron chi connectivity index (χ4n) is 2.00. The summed E-state index contributed by atoms with van der Waals surface area (Å²) in [4.78, 5) is 26.7. The Morgan fingerprint density at radius 3 is 2.58 bits per heavy atom. The predicted molar refractivity (Wildman–Crippen MR) is 88.1 cm³/mol. The van der Waals surface area contributed by atoms with Crippen LogP contribution in [-0.2, 0) is 14.3 Å². The van der Waals surface area contributed by atoms with E-state index in [1.165, 1.54) is 4.57 Å². The van der Waals surface area contributed by atoms with Crippen molar-refractivity contribution >= 4 is 11.8 Å². The number of aliphatic hydroxyl groups is 2. The lowest BCUT2D eigenvalue weighted by Gasteiger charge is -2.16. The molecule has 1 aromatic heterocycles. The van der Waals surface area contributed by atoms with E-state index < -0.39 is 5.69 Å². The van der Waals surface area contributed by atoms with Gasteiger partial charge < -0.3 is 25.4 Å². The number of aliphatic hydroxyl groups excluding tert-OH is 2. The Labute approximate surface area is 141 Å². The molecule has 0 radical (unpaired) electrons. The minimum absolute atomic E-state index is 0.156. The number of hydrogen-bond donors (Lipinski definition) is 3. The van der Waals surface area contributed by atoms with Crippen molar-refractivity contribution < 1.29 is 24.5 Å². The van der Waals surface area contributed by atoms with Crippen LogP contribution in [0.3, 0.4) is 0 Å².